The molecule has 2 saturated heterocycles. The molecule has 0 aliphatic carbocycles. The van der Waals surface area contributed by atoms with Crippen LogP contribution in [-0.4, -0.2) is 49.6 Å². The van der Waals surface area contributed by atoms with Gasteiger partial charge in [-0.25, -0.2) is 0 Å². The highest BCUT2D eigenvalue weighted by Gasteiger charge is 2.35. The lowest BCUT2D eigenvalue weighted by atomic mass is 10.1. The van der Waals surface area contributed by atoms with E-state index in [4.69, 9.17) is 4.74 Å². The molecule has 0 spiro atoms. The highest BCUT2D eigenvalue weighted by Crippen LogP contribution is 2.29. The molecule has 31 heavy (non-hydrogen) atoms. The lowest BCUT2D eigenvalue weighted by Gasteiger charge is -2.38. The number of ether oxygens (including phenoxy) is 1. The molecule has 5 nitrogen and oxygen atoms in total. The van der Waals surface area contributed by atoms with Crippen LogP contribution in [0.5, 0.6) is 11.5 Å². The van der Waals surface area contributed by atoms with Gasteiger partial charge in [-0.2, -0.15) is 0 Å². The van der Waals surface area contributed by atoms with Crippen LogP contribution in [0.3, 0.4) is 0 Å². The number of piperazine rings is 1. The third-order valence-electron chi connectivity index (χ3n) is 6.18. The maximum Gasteiger partial charge on any atom is 0.228 e. The van der Waals surface area contributed by atoms with Gasteiger partial charge >= 0.3 is 0 Å². The molecule has 5 rings (SSSR count). The van der Waals surface area contributed by atoms with Crippen LogP contribution in [0.1, 0.15) is 6.42 Å². The van der Waals surface area contributed by atoms with Gasteiger partial charge < -0.3 is 14.5 Å². The van der Waals surface area contributed by atoms with Gasteiger partial charge in [0.15, 0.2) is 0 Å². The third kappa shape index (κ3) is 4.42. The second-order valence-electron chi connectivity index (χ2n) is 8.13. The Balaban J connectivity index is 1.19. The fraction of sp³-hybridized carbons (Fsp3) is 0.269. The number of para-hydroxylation sites is 2. The van der Waals surface area contributed by atoms with Crippen LogP contribution >= 0.6 is 0 Å². The van der Waals surface area contributed by atoms with Gasteiger partial charge in [-0.05, 0) is 48.5 Å². The molecule has 1 unspecified atom stereocenters. The molecule has 0 N–H and O–H groups in total. The first-order valence-corrected chi connectivity index (χ1v) is 10.9. The molecule has 2 fully saturated rings. The van der Waals surface area contributed by atoms with Gasteiger partial charge in [0.1, 0.15) is 11.5 Å². The van der Waals surface area contributed by atoms with E-state index < -0.39 is 0 Å². The summed E-state index contributed by atoms with van der Waals surface area (Å²) in [4.78, 5) is 19.6. The average Bonchev–Trinajstić information content (AvgIpc) is 3.22. The molecule has 0 radical (unpaired) electrons. The standard InChI is InChI=1S/C26H27N3O2/c30-26-19-23(28-17-15-27(16-18-28)21-7-3-1-4-8-21)20-29(26)22-11-13-25(14-12-22)31-24-9-5-2-6-10-24/h1-14,23H,15-20H2. The SMILES string of the molecule is O=C1CC(N2CCN(c3ccccc3)CC2)CN1c1ccc(Oc2ccccc2)cc1. The van der Waals surface area contributed by atoms with E-state index >= 15 is 0 Å². The molecule has 2 aliphatic rings. The zero-order valence-electron chi connectivity index (χ0n) is 17.6. The highest BCUT2D eigenvalue weighted by atomic mass is 16.5. The summed E-state index contributed by atoms with van der Waals surface area (Å²) in [6.45, 7) is 4.73. The minimum atomic E-state index is 0.201. The van der Waals surface area contributed by atoms with Crippen LogP contribution in [0.15, 0.2) is 84.9 Å². The topological polar surface area (TPSA) is 36.0 Å². The van der Waals surface area contributed by atoms with Gasteiger partial charge in [0.05, 0.1) is 0 Å². The normalized spacial score (nSPS) is 19.6. The molecule has 0 aromatic heterocycles. The number of anilines is 2. The van der Waals surface area contributed by atoms with Gasteiger partial charge in [0.25, 0.3) is 0 Å². The van der Waals surface area contributed by atoms with Crippen molar-refractivity contribution in [2.75, 3.05) is 42.5 Å². The molecule has 158 valence electrons. The zero-order chi connectivity index (χ0) is 21.0. The van der Waals surface area contributed by atoms with Crippen molar-refractivity contribution in [2.24, 2.45) is 0 Å². The van der Waals surface area contributed by atoms with Gasteiger partial charge in [-0.3, -0.25) is 9.69 Å². The monoisotopic (exact) mass is 413 g/mol. The Morgan fingerprint density at radius 3 is 1.97 bits per heavy atom. The zero-order valence-corrected chi connectivity index (χ0v) is 17.6. The van der Waals surface area contributed by atoms with E-state index in [1.165, 1.54) is 5.69 Å². The largest absolute Gasteiger partial charge is 0.457 e. The fourth-order valence-corrected chi connectivity index (χ4v) is 4.49. The summed E-state index contributed by atoms with van der Waals surface area (Å²) in [5, 5.41) is 0. The Kier molecular flexibility index (Phi) is 5.59. The number of carbonyl (C=O) groups excluding carboxylic acids is 1. The van der Waals surface area contributed by atoms with Crippen molar-refractivity contribution in [3.8, 4) is 11.5 Å². The van der Waals surface area contributed by atoms with Crippen LogP contribution in [0.2, 0.25) is 0 Å². The predicted molar refractivity (Wildman–Crippen MR) is 124 cm³/mol. The number of rotatable bonds is 5. The molecular weight excluding hydrogens is 386 g/mol. The molecular formula is C26H27N3O2. The summed E-state index contributed by atoms with van der Waals surface area (Å²) in [6.07, 6.45) is 0.591. The second kappa shape index (κ2) is 8.82. The summed E-state index contributed by atoms with van der Waals surface area (Å²) in [5.41, 5.74) is 2.22. The van der Waals surface area contributed by atoms with E-state index in [1.807, 2.05) is 59.5 Å². The second-order valence-corrected chi connectivity index (χ2v) is 8.13. The molecule has 1 atom stereocenters. The van der Waals surface area contributed by atoms with Gasteiger partial charge in [-0.15, -0.1) is 0 Å². The van der Waals surface area contributed by atoms with Crippen LogP contribution in [0.4, 0.5) is 11.4 Å². The summed E-state index contributed by atoms with van der Waals surface area (Å²) in [5.74, 6) is 1.78. The number of nitrogens with zero attached hydrogens (tertiary/aromatic N) is 3. The lowest BCUT2D eigenvalue weighted by molar-refractivity contribution is -0.117. The maximum atomic E-state index is 12.7. The minimum Gasteiger partial charge on any atom is -0.457 e. The van der Waals surface area contributed by atoms with Crippen molar-refractivity contribution >= 4 is 17.3 Å². The summed E-state index contributed by atoms with van der Waals surface area (Å²) in [6, 6.07) is 28.4. The molecule has 0 bridgehead atoms. The molecule has 0 saturated carbocycles. The van der Waals surface area contributed by atoms with Gasteiger partial charge in [0, 0.05) is 56.6 Å². The van der Waals surface area contributed by atoms with Crippen molar-refractivity contribution in [2.45, 2.75) is 12.5 Å². The summed E-state index contributed by atoms with van der Waals surface area (Å²) >= 11 is 0. The van der Waals surface area contributed by atoms with Gasteiger partial charge in [-0.1, -0.05) is 36.4 Å². The van der Waals surface area contributed by atoms with Gasteiger partial charge in [0.2, 0.25) is 5.91 Å². The third-order valence-corrected chi connectivity index (χ3v) is 6.18. The van der Waals surface area contributed by atoms with Crippen molar-refractivity contribution in [1.29, 1.82) is 0 Å². The highest BCUT2D eigenvalue weighted by molar-refractivity contribution is 5.96. The number of hydrogen-bond acceptors (Lipinski definition) is 4. The summed E-state index contributed by atoms with van der Waals surface area (Å²) < 4.78 is 5.87. The minimum absolute atomic E-state index is 0.201. The first-order chi connectivity index (χ1) is 15.3. The predicted octanol–water partition coefficient (Wildman–Crippen LogP) is 4.41. The van der Waals surface area contributed by atoms with Crippen molar-refractivity contribution in [3.05, 3.63) is 84.9 Å². The average molecular weight is 414 g/mol. The molecule has 3 aromatic carbocycles. The number of amides is 1. The van der Waals surface area contributed by atoms with Crippen molar-refractivity contribution in [1.82, 2.24) is 4.90 Å². The Morgan fingerprint density at radius 2 is 1.29 bits per heavy atom. The number of hydrogen-bond donors (Lipinski definition) is 0. The Hall–Kier alpha value is -3.31. The van der Waals surface area contributed by atoms with Crippen molar-refractivity contribution < 1.29 is 9.53 Å². The number of benzene rings is 3. The van der Waals surface area contributed by atoms with E-state index in [0.717, 1.165) is 49.9 Å². The molecule has 5 heteroatoms. The van der Waals surface area contributed by atoms with E-state index in [9.17, 15) is 4.79 Å². The first-order valence-electron chi connectivity index (χ1n) is 10.9. The molecule has 1 amide bonds. The summed E-state index contributed by atoms with van der Waals surface area (Å²) in [7, 11) is 0. The maximum absolute atomic E-state index is 12.7. The molecule has 2 heterocycles. The van der Waals surface area contributed by atoms with Crippen molar-refractivity contribution in [3.63, 3.8) is 0 Å². The first kappa shape index (κ1) is 19.6. The Bertz CT molecular complexity index is 1000. The molecule has 3 aromatic rings. The van der Waals surface area contributed by atoms with E-state index in [2.05, 4.69) is 40.1 Å². The molecule has 2 aliphatic heterocycles. The van der Waals surface area contributed by atoms with Crippen LogP contribution < -0.4 is 14.5 Å². The smallest absolute Gasteiger partial charge is 0.228 e. The van der Waals surface area contributed by atoms with Crippen LogP contribution in [0.25, 0.3) is 0 Å². The Morgan fingerprint density at radius 1 is 0.677 bits per heavy atom. The van der Waals surface area contributed by atoms with Crippen LogP contribution in [-0.2, 0) is 4.79 Å². The van der Waals surface area contributed by atoms with E-state index in [0.29, 0.717) is 6.42 Å². The quantitative estimate of drug-likeness (QED) is 0.621. The number of carbonyl (C=O) groups is 1. The van der Waals surface area contributed by atoms with E-state index in [1.54, 1.807) is 0 Å². The lowest BCUT2D eigenvalue weighted by Crippen LogP contribution is -2.51. The Labute approximate surface area is 183 Å². The van der Waals surface area contributed by atoms with Crippen LogP contribution in [0, 0.1) is 0 Å². The van der Waals surface area contributed by atoms with E-state index in [-0.39, 0.29) is 11.9 Å². The fourth-order valence-electron chi connectivity index (χ4n) is 4.49.